The number of nitrogens with one attached hydrogen (secondary N) is 4. The smallest absolute Gasteiger partial charge is 0.373 e. The molecule has 0 aromatic heterocycles. The summed E-state index contributed by atoms with van der Waals surface area (Å²) in [6, 6.07) is 53.4. The average molecular weight is 1870 g/mol. The molecule has 0 radical (unpaired) electrons. The van der Waals surface area contributed by atoms with Gasteiger partial charge in [-0.1, -0.05) is 249 Å². The van der Waals surface area contributed by atoms with Crippen LogP contribution < -0.4 is 40.2 Å². The molecule has 0 aliphatic carbocycles. The molecule has 12 rings (SSSR count). The lowest BCUT2D eigenvalue weighted by Crippen LogP contribution is -2.50. The monoisotopic (exact) mass is 1870 g/mol. The van der Waals surface area contributed by atoms with Gasteiger partial charge in [0.2, 0.25) is 0 Å². The van der Waals surface area contributed by atoms with Crippen LogP contribution in [0.2, 0.25) is 0 Å². The van der Waals surface area contributed by atoms with Gasteiger partial charge in [-0.25, -0.2) is 16.8 Å². The molecule has 0 spiro atoms. The van der Waals surface area contributed by atoms with Crippen LogP contribution in [0.3, 0.4) is 0 Å². The zero-order chi connectivity index (χ0) is 88.0. The average Bonchev–Trinajstić information content (AvgIpc) is 1.62. The van der Waals surface area contributed by atoms with E-state index in [1.54, 1.807) is 31.4 Å². The molecule has 0 fully saturated rings. The molecule has 0 unspecified atom stereocenters. The minimum Gasteiger partial charge on any atom is -0.504 e. The summed E-state index contributed by atoms with van der Waals surface area (Å²) in [7, 11) is -3.37. The number of phenols is 3. The number of benzene rings is 8. The number of aromatic hydroxyl groups is 3. The largest absolute Gasteiger partial charge is 0.504 e. The van der Waals surface area contributed by atoms with Gasteiger partial charge in [0, 0.05) is 76.2 Å². The molecule has 22 nitrogen and oxygen atoms in total. The summed E-state index contributed by atoms with van der Waals surface area (Å²) in [4.78, 5) is 39.6. The van der Waals surface area contributed by atoms with Crippen molar-refractivity contribution < 1.29 is 80.1 Å². The van der Waals surface area contributed by atoms with Gasteiger partial charge in [0.15, 0.2) is 54.2 Å². The Balaban J connectivity index is 0.000000334. The first-order valence-electron chi connectivity index (χ1n) is 41.5. The maximum atomic E-state index is 13.8. The summed E-state index contributed by atoms with van der Waals surface area (Å²) in [6.45, 7) is 21.7. The fourth-order valence-corrected chi connectivity index (χ4v) is 23.8. The van der Waals surface area contributed by atoms with E-state index >= 15 is 0 Å². The van der Waals surface area contributed by atoms with Crippen LogP contribution in [0.1, 0.15) is 249 Å². The molecular formula is C95H130IN5O17S4. The molecule has 27 heteroatoms. The number of carbonyl (C=O) groups excluding carboxylic acids is 4. The first-order chi connectivity index (χ1) is 57.5. The Bertz CT molecular complexity index is 5040. The van der Waals surface area contributed by atoms with Gasteiger partial charge in [-0.15, -0.1) is 24.0 Å². The predicted octanol–water partition coefficient (Wildman–Crippen LogP) is 18.8. The lowest BCUT2D eigenvalue weighted by molar-refractivity contribution is -0.193. The van der Waals surface area contributed by atoms with E-state index in [0.29, 0.717) is 62.0 Å². The van der Waals surface area contributed by atoms with E-state index in [4.69, 9.17) is 43.1 Å². The van der Waals surface area contributed by atoms with Gasteiger partial charge in [0.25, 0.3) is 0 Å². The molecule has 8 aromatic carbocycles. The Hall–Kier alpha value is -8.44. The Labute approximate surface area is 747 Å². The summed E-state index contributed by atoms with van der Waals surface area (Å²) in [5.74, 6) is 2.79. The molecule has 0 amide bonds. The second kappa shape index (κ2) is 49.3. The van der Waals surface area contributed by atoms with Crippen LogP contribution in [0, 0.1) is 0 Å². The van der Waals surface area contributed by atoms with E-state index in [0.717, 1.165) is 147 Å². The van der Waals surface area contributed by atoms with Crippen LogP contribution in [0.4, 0.5) is 0 Å². The highest BCUT2D eigenvalue weighted by atomic mass is 127. The van der Waals surface area contributed by atoms with Gasteiger partial charge >= 0.3 is 12.3 Å². The fourth-order valence-electron chi connectivity index (χ4n) is 16.0. The Morgan fingerprint density at radius 3 is 1.24 bits per heavy atom. The van der Waals surface area contributed by atoms with Crippen LogP contribution >= 0.6 is 24.0 Å². The van der Waals surface area contributed by atoms with E-state index in [1.165, 1.54) is 27.4 Å². The van der Waals surface area contributed by atoms with Gasteiger partial charge in [0.05, 0.1) is 111 Å². The van der Waals surface area contributed by atoms with E-state index < -0.39 is 52.4 Å². The van der Waals surface area contributed by atoms with Crippen molar-refractivity contribution in [2.45, 2.75) is 252 Å². The van der Waals surface area contributed by atoms with Crippen LogP contribution in [-0.4, -0.2) is 138 Å². The summed E-state index contributed by atoms with van der Waals surface area (Å²) in [5, 5.41) is 45.6. The number of hydrogen-bond donors (Lipinski definition) is 7. The SMILES string of the molecule is C.CCCC[C@]1(CC)CS(=O)(=O)c2cc(CNC(C)C)c(OC)cc2[C@@H](c2ccccc2)N1.CCCC[C@]1(CC)CS(=O)(=O)c2cc(O)c(OC)cc2[C@@H](c2ccccc2)N1.CCCC[C@]1(CC)C[S@](=O)c2cc(O)c(OC)cc2C(c2ccccc2)=N1.CCCC[C@]1(CC)C[S@](=O)c2cc(O)c(OC)cc2[C@@H](c2ccccc2)N1.I.O=C=O.O=C=O.[HH]. The molecule has 122 heavy (non-hydrogen) atoms. The molecule has 0 saturated carbocycles. The van der Waals surface area contributed by atoms with Crippen molar-refractivity contribution in [3.05, 3.63) is 220 Å². The molecule has 0 bridgehead atoms. The summed E-state index contributed by atoms with van der Waals surface area (Å²) in [5.41, 5.74) is 7.37. The van der Waals surface area contributed by atoms with Crippen molar-refractivity contribution in [1.29, 1.82) is 0 Å². The number of halogens is 1. The highest BCUT2D eigenvalue weighted by Crippen LogP contribution is 2.47. The molecule has 4 aliphatic rings. The van der Waals surface area contributed by atoms with Crippen molar-refractivity contribution in [2.75, 3.05) is 51.5 Å². The van der Waals surface area contributed by atoms with E-state index in [-0.39, 0.29) is 120 Å². The van der Waals surface area contributed by atoms with Crippen LogP contribution in [0.25, 0.3) is 0 Å². The molecule has 9 atom stereocenters. The Morgan fingerprint density at radius 1 is 0.475 bits per heavy atom. The molecule has 8 aromatic rings. The van der Waals surface area contributed by atoms with Crippen molar-refractivity contribution in [3.8, 4) is 40.2 Å². The van der Waals surface area contributed by atoms with Gasteiger partial charge in [0.1, 0.15) is 5.75 Å². The Kier molecular flexibility index (Phi) is 42.1. The van der Waals surface area contributed by atoms with E-state index in [2.05, 4.69) is 108 Å². The van der Waals surface area contributed by atoms with Gasteiger partial charge in [-0.3, -0.25) is 29.4 Å². The highest BCUT2D eigenvalue weighted by molar-refractivity contribution is 14.0. The standard InChI is InChI=1S/C26H38N2O3S.C22H29NO4S.C22H29NO3S.C22H27NO3S.2CO2.CH4.HI.H2/c1-6-8-14-26(7-2)18-32(29,30)24-15-21(17-27-19(3)4)23(31-5)16-22(24)25(28-26)20-12-10-9-11-13-20;1-4-6-12-22(5-2)15-28(25,26)20-14-18(24)19(27-3)13-17(20)21(23-22)16-10-8-7-9-11-16;2*1-4-6-12-22(5-2)15-27(25)20-14-18(24)19(26-3)13-17(20)21(23-22)16-10-8-7-9-11-16;2*2-1-3;;;/h9-13,15-16,19,25,27-28H,6-8,14,17-18H2,1-5H3;7-11,13-14,21,23-24H,4-6,12,15H2,1-3H3;7-11,13-14,21,23-24H,4-6,12,15H2,1-3H3;7-11,13-14,24H,4-6,12,15H2,1-3H3;;;1H4;2*1H/t25-,26-;21-,22-;21-,22-,27+;22-,27+;;;;;/m1111...../s1. The van der Waals surface area contributed by atoms with Crippen LogP contribution in [0.5, 0.6) is 40.2 Å². The molecule has 668 valence electrons. The minimum atomic E-state index is -3.60. The van der Waals surface area contributed by atoms with Crippen LogP contribution in [0.15, 0.2) is 194 Å². The fraction of sp³-hybridized carbons (Fsp3) is 0.463. The number of sulfone groups is 2. The van der Waals surface area contributed by atoms with Crippen LogP contribution in [-0.2, 0) is 67.0 Å². The predicted molar refractivity (Wildman–Crippen MR) is 496 cm³/mol. The zero-order valence-corrected chi connectivity index (χ0v) is 78.0. The summed E-state index contributed by atoms with van der Waals surface area (Å²) < 4.78 is 103. The number of hydrogen-bond acceptors (Lipinski definition) is 22. The lowest BCUT2D eigenvalue weighted by atomic mass is 9.88. The molecular weight excluding hydrogens is 1740 g/mol. The summed E-state index contributed by atoms with van der Waals surface area (Å²) in [6.07, 6.45) is 15.4. The number of nitrogens with zero attached hydrogens (tertiary/aromatic N) is 1. The number of ether oxygens (including phenoxy) is 4. The number of fused-ring (bicyclic) bond motifs is 4. The highest BCUT2D eigenvalue weighted by Gasteiger charge is 2.46. The van der Waals surface area contributed by atoms with Gasteiger partial charge < -0.3 is 39.6 Å². The topological polar surface area (TPSA) is 329 Å². The van der Waals surface area contributed by atoms with Crippen molar-refractivity contribution in [2.24, 2.45) is 4.99 Å². The normalized spacial score (nSPS) is 21.8. The first kappa shape index (κ1) is 104. The maximum Gasteiger partial charge on any atom is 0.373 e. The lowest BCUT2D eigenvalue weighted by Gasteiger charge is -2.36. The number of rotatable bonds is 27. The third-order valence-corrected chi connectivity index (χ3v) is 30.2. The Morgan fingerprint density at radius 2 is 0.828 bits per heavy atom. The zero-order valence-electron chi connectivity index (χ0n) is 72.4. The van der Waals surface area contributed by atoms with Crippen molar-refractivity contribution >= 4 is 83.3 Å². The number of unbranched alkanes of at least 4 members (excludes halogenated alkanes) is 4. The number of phenolic OH excluding ortho intramolecular Hbond substituents is 3. The minimum absolute atomic E-state index is 0. The quantitative estimate of drug-likeness (QED) is 0.0235. The molecule has 4 aliphatic heterocycles. The second-order valence-electron chi connectivity index (χ2n) is 31.2. The third kappa shape index (κ3) is 26.6. The van der Waals surface area contributed by atoms with Crippen molar-refractivity contribution in [3.63, 3.8) is 0 Å². The molecule has 0 saturated heterocycles. The first-order valence-corrected chi connectivity index (χ1v) is 47.5. The number of aliphatic imine (C=N–C) groups is 1. The number of methoxy groups -OCH3 is 4. The second-order valence-corrected chi connectivity index (χ2v) is 38.0. The van der Waals surface area contributed by atoms with E-state index in [1.807, 2.05) is 122 Å². The van der Waals surface area contributed by atoms with Crippen molar-refractivity contribution in [1.82, 2.24) is 21.3 Å². The molecule has 7 N–H and O–H groups in total. The maximum absolute atomic E-state index is 13.8. The van der Waals surface area contributed by atoms with Gasteiger partial charge in [-0.2, -0.15) is 19.2 Å². The third-order valence-electron chi connectivity index (χ3n) is 23.0. The van der Waals surface area contributed by atoms with Gasteiger partial charge in [-0.05, 0) is 115 Å². The molecule has 4 heterocycles. The summed E-state index contributed by atoms with van der Waals surface area (Å²) >= 11 is 0. The van der Waals surface area contributed by atoms with E-state index in [9.17, 15) is 40.6 Å².